The molecule has 1 aliphatic rings. The van der Waals surface area contributed by atoms with Crippen LogP contribution in [0, 0.1) is 0 Å². The van der Waals surface area contributed by atoms with Gasteiger partial charge in [-0.2, -0.15) is 0 Å². The van der Waals surface area contributed by atoms with E-state index in [-0.39, 0.29) is 0 Å². The molecule has 0 spiro atoms. The predicted molar refractivity (Wildman–Crippen MR) is 58.1 cm³/mol. The van der Waals surface area contributed by atoms with Crippen LogP contribution in [-0.2, 0) is 6.42 Å². The van der Waals surface area contributed by atoms with Crippen LogP contribution >= 0.6 is 0 Å². The molecule has 0 heterocycles. The Morgan fingerprint density at radius 2 is 2.31 bits per heavy atom. The SMILES string of the molecule is CNC1CCc2c(OCC(F)F)cccc21. The molecule has 2 rings (SSSR count). The molecule has 0 aromatic heterocycles. The summed E-state index contributed by atoms with van der Waals surface area (Å²) in [4.78, 5) is 0. The fraction of sp³-hybridized carbons (Fsp3) is 0.500. The lowest BCUT2D eigenvalue weighted by atomic mass is 10.1. The van der Waals surface area contributed by atoms with Gasteiger partial charge in [0.25, 0.3) is 6.43 Å². The van der Waals surface area contributed by atoms with E-state index in [9.17, 15) is 8.78 Å². The van der Waals surface area contributed by atoms with Crippen LogP contribution in [0.1, 0.15) is 23.6 Å². The zero-order valence-electron chi connectivity index (χ0n) is 9.17. The van der Waals surface area contributed by atoms with Gasteiger partial charge in [0.15, 0.2) is 0 Å². The first-order valence-electron chi connectivity index (χ1n) is 5.42. The molecular weight excluding hydrogens is 212 g/mol. The van der Waals surface area contributed by atoms with Crippen molar-refractivity contribution in [3.63, 3.8) is 0 Å². The van der Waals surface area contributed by atoms with Crippen LogP contribution < -0.4 is 10.1 Å². The van der Waals surface area contributed by atoms with Crippen LogP contribution in [0.2, 0.25) is 0 Å². The lowest BCUT2D eigenvalue weighted by Gasteiger charge is -2.12. The minimum atomic E-state index is -2.42. The molecule has 0 aliphatic heterocycles. The van der Waals surface area contributed by atoms with Crippen molar-refractivity contribution in [2.45, 2.75) is 25.3 Å². The molecule has 0 amide bonds. The Labute approximate surface area is 93.6 Å². The van der Waals surface area contributed by atoms with Gasteiger partial charge in [0.2, 0.25) is 0 Å². The predicted octanol–water partition coefficient (Wildman–Crippen LogP) is 2.54. The summed E-state index contributed by atoms with van der Waals surface area (Å²) in [5, 5.41) is 3.21. The molecule has 0 saturated carbocycles. The molecule has 0 fully saturated rings. The number of hydrogen-bond donors (Lipinski definition) is 1. The summed E-state index contributed by atoms with van der Waals surface area (Å²) in [5.74, 6) is 0.607. The van der Waals surface area contributed by atoms with Gasteiger partial charge in [0, 0.05) is 6.04 Å². The Morgan fingerprint density at radius 1 is 1.50 bits per heavy atom. The number of benzene rings is 1. The second-order valence-corrected chi connectivity index (χ2v) is 3.91. The molecule has 1 aliphatic carbocycles. The highest BCUT2D eigenvalue weighted by Crippen LogP contribution is 2.36. The zero-order valence-corrected chi connectivity index (χ0v) is 9.17. The van der Waals surface area contributed by atoms with Crippen LogP contribution in [0.4, 0.5) is 8.78 Å². The summed E-state index contributed by atoms with van der Waals surface area (Å²) in [6.07, 6.45) is -0.529. The highest BCUT2D eigenvalue weighted by atomic mass is 19.3. The lowest BCUT2D eigenvalue weighted by Crippen LogP contribution is -2.13. The molecule has 1 N–H and O–H groups in total. The molecule has 0 radical (unpaired) electrons. The van der Waals surface area contributed by atoms with Crippen LogP contribution in [-0.4, -0.2) is 20.1 Å². The van der Waals surface area contributed by atoms with Gasteiger partial charge in [-0.25, -0.2) is 8.78 Å². The maximum Gasteiger partial charge on any atom is 0.272 e. The van der Waals surface area contributed by atoms with E-state index < -0.39 is 13.0 Å². The third-order valence-electron chi connectivity index (χ3n) is 2.94. The van der Waals surface area contributed by atoms with Gasteiger partial charge in [0.1, 0.15) is 12.4 Å². The number of nitrogens with one attached hydrogen (secondary N) is 1. The fourth-order valence-electron chi connectivity index (χ4n) is 2.21. The number of hydrogen-bond acceptors (Lipinski definition) is 2. The van der Waals surface area contributed by atoms with E-state index in [1.807, 2.05) is 19.2 Å². The summed E-state index contributed by atoms with van der Waals surface area (Å²) < 4.78 is 29.3. The Hall–Kier alpha value is -1.16. The third kappa shape index (κ3) is 2.16. The second kappa shape index (κ2) is 4.78. The first kappa shape index (κ1) is 11.3. The van der Waals surface area contributed by atoms with Crippen molar-refractivity contribution in [3.05, 3.63) is 29.3 Å². The van der Waals surface area contributed by atoms with Crippen molar-refractivity contribution in [2.75, 3.05) is 13.7 Å². The minimum absolute atomic E-state index is 0.324. The van der Waals surface area contributed by atoms with E-state index in [0.29, 0.717) is 11.8 Å². The Kier molecular flexibility index (Phi) is 3.39. The minimum Gasteiger partial charge on any atom is -0.487 e. The van der Waals surface area contributed by atoms with E-state index in [1.165, 1.54) is 5.56 Å². The summed E-state index contributed by atoms with van der Waals surface area (Å²) in [7, 11) is 1.91. The van der Waals surface area contributed by atoms with Gasteiger partial charge in [-0.3, -0.25) is 0 Å². The summed E-state index contributed by atoms with van der Waals surface area (Å²) >= 11 is 0. The standard InChI is InChI=1S/C12H15F2NO/c1-15-10-6-5-9-8(10)3-2-4-11(9)16-7-12(13)14/h2-4,10,12,15H,5-7H2,1H3. The van der Waals surface area contributed by atoms with E-state index in [4.69, 9.17) is 4.74 Å². The number of fused-ring (bicyclic) bond motifs is 1. The van der Waals surface area contributed by atoms with Crippen molar-refractivity contribution in [1.29, 1.82) is 0 Å². The molecule has 0 saturated heterocycles. The van der Waals surface area contributed by atoms with Gasteiger partial charge >= 0.3 is 0 Å². The largest absolute Gasteiger partial charge is 0.487 e. The number of ether oxygens (including phenoxy) is 1. The molecule has 1 atom stereocenters. The molecule has 1 aromatic rings. The average Bonchev–Trinajstić information content (AvgIpc) is 2.69. The van der Waals surface area contributed by atoms with Crippen LogP contribution in [0.25, 0.3) is 0 Å². The van der Waals surface area contributed by atoms with Gasteiger partial charge in [0.05, 0.1) is 0 Å². The average molecular weight is 227 g/mol. The monoisotopic (exact) mass is 227 g/mol. The quantitative estimate of drug-likeness (QED) is 0.853. The Bertz CT molecular complexity index is 368. The maximum absolute atomic E-state index is 12.1. The third-order valence-corrected chi connectivity index (χ3v) is 2.94. The molecule has 16 heavy (non-hydrogen) atoms. The molecule has 0 bridgehead atoms. The summed E-state index contributed by atoms with van der Waals surface area (Å²) in [5.41, 5.74) is 2.25. The van der Waals surface area contributed by atoms with Crippen molar-refractivity contribution in [2.24, 2.45) is 0 Å². The summed E-state index contributed by atoms with van der Waals surface area (Å²) in [6, 6.07) is 5.97. The van der Waals surface area contributed by atoms with Crippen LogP contribution in [0.15, 0.2) is 18.2 Å². The fourth-order valence-corrected chi connectivity index (χ4v) is 2.21. The lowest BCUT2D eigenvalue weighted by molar-refractivity contribution is 0.0814. The molecule has 1 aromatic carbocycles. The van der Waals surface area contributed by atoms with Gasteiger partial charge in [-0.15, -0.1) is 0 Å². The first-order valence-corrected chi connectivity index (χ1v) is 5.42. The van der Waals surface area contributed by atoms with E-state index in [0.717, 1.165) is 18.4 Å². The van der Waals surface area contributed by atoms with Gasteiger partial charge in [-0.05, 0) is 37.1 Å². The van der Waals surface area contributed by atoms with E-state index >= 15 is 0 Å². The van der Waals surface area contributed by atoms with Crippen molar-refractivity contribution >= 4 is 0 Å². The van der Waals surface area contributed by atoms with E-state index in [1.54, 1.807) is 6.07 Å². The van der Waals surface area contributed by atoms with Gasteiger partial charge in [-0.1, -0.05) is 12.1 Å². The molecule has 2 nitrogen and oxygen atoms in total. The topological polar surface area (TPSA) is 21.3 Å². The Morgan fingerprint density at radius 3 is 3.00 bits per heavy atom. The normalized spacial score (nSPS) is 18.9. The second-order valence-electron chi connectivity index (χ2n) is 3.91. The Balaban J connectivity index is 2.18. The molecular formula is C12H15F2NO. The summed E-state index contributed by atoms with van der Waals surface area (Å²) in [6.45, 7) is -0.527. The van der Waals surface area contributed by atoms with E-state index in [2.05, 4.69) is 5.32 Å². The molecule has 4 heteroatoms. The van der Waals surface area contributed by atoms with Crippen molar-refractivity contribution < 1.29 is 13.5 Å². The first-order chi connectivity index (χ1) is 7.72. The molecule has 88 valence electrons. The van der Waals surface area contributed by atoms with Crippen LogP contribution in [0.5, 0.6) is 5.75 Å². The van der Waals surface area contributed by atoms with Gasteiger partial charge < -0.3 is 10.1 Å². The van der Waals surface area contributed by atoms with Crippen molar-refractivity contribution in [1.82, 2.24) is 5.32 Å². The molecule has 1 unspecified atom stereocenters. The number of halogens is 2. The zero-order chi connectivity index (χ0) is 11.5. The number of alkyl halides is 2. The number of rotatable bonds is 4. The maximum atomic E-state index is 12.1. The smallest absolute Gasteiger partial charge is 0.272 e. The van der Waals surface area contributed by atoms with Crippen LogP contribution in [0.3, 0.4) is 0 Å². The van der Waals surface area contributed by atoms with Crippen molar-refractivity contribution in [3.8, 4) is 5.75 Å². The highest BCUT2D eigenvalue weighted by Gasteiger charge is 2.23. The highest BCUT2D eigenvalue weighted by molar-refractivity contribution is 5.45.